The molecule has 2 aromatic heterocycles. The number of nitrogens with two attached hydrogens (primary N) is 1. The Kier molecular flexibility index (Phi) is 5.55. The molecule has 1 aliphatic carbocycles. The van der Waals surface area contributed by atoms with Crippen LogP contribution in [0.4, 0.5) is 5.82 Å². The molecule has 178 valence electrons. The number of aromatic nitrogens is 4. The molecular weight excluding hydrogens is 480 g/mol. The van der Waals surface area contributed by atoms with Crippen LogP contribution in [0.3, 0.4) is 0 Å². The molecule has 1 spiro atoms. The van der Waals surface area contributed by atoms with Crippen molar-refractivity contribution in [2.24, 2.45) is 18.2 Å². The number of benzene rings is 2. The zero-order valence-electron chi connectivity index (χ0n) is 19.3. The molecular formula is C26H25ClN6OS. The summed E-state index contributed by atoms with van der Waals surface area (Å²) in [6.45, 7) is 1.82. The van der Waals surface area contributed by atoms with Gasteiger partial charge in [-0.2, -0.15) is 0 Å². The summed E-state index contributed by atoms with van der Waals surface area (Å²) >= 11 is 7.98. The maximum absolute atomic E-state index is 12.5. The van der Waals surface area contributed by atoms with E-state index in [0.717, 1.165) is 48.1 Å². The second-order valence-electron chi connectivity index (χ2n) is 9.45. The van der Waals surface area contributed by atoms with E-state index in [-0.39, 0.29) is 17.0 Å². The number of piperidine rings is 1. The van der Waals surface area contributed by atoms with Crippen molar-refractivity contribution < 1.29 is 0 Å². The second kappa shape index (κ2) is 8.62. The van der Waals surface area contributed by atoms with Crippen molar-refractivity contribution in [1.29, 1.82) is 0 Å². The molecule has 2 N–H and O–H groups in total. The summed E-state index contributed by atoms with van der Waals surface area (Å²) in [4.78, 5) is 29.2. The lowest BCUT2D eigenvalue weighted by molar-refractivity contribution is 0.187. The summed E-state index contributed by atoms with van der Waals surface area (Å²) in [6, 6.07) is 12.4. The molecule has 0 unspecified atom stereocenters. The first-order chi connectivity index (χ1) is 16.9. The van der Waals surface area contributed by atoms with E-state index in [9.17, 15) is 4.79 Å². The third-order valence-corrected chi connectivity index (χ3v) is 8.98. The van der Waals surface area contributed by atoms with Crippen molar-refractivity contribution in [2.75, 3.05) is 18.0 Å². The van der Waals surface area contributed by atoms with E-state index < -0.39 is 0 Å². The molecule has 35 heavy (non-hydrogen) atoms. The number of anilines is 1. The first-order valence-corrected chi connectivity index (χ1v) is 12.9. The third-order valence-electron chi connectivity index (χ3n) is 7.49. The summed E-state index contributed by atoms with van der Waals surface area (Å²) in [5, 5.41) is 1.53. The van der Waals surface area contributed by atoms with Gasteiger partial charge in [-0.15, -0.1) is 0 Å². The van der Waals surface area contributed by atoms with E-state index in [1.54, 1.807) is 13.2 Å². The molecule has 2 aromatic carbocycles. The zero-order chi connectivity index (χ0) is 24.2. The van der Waals surface area contributed by atoms with Gasteiger partial charge in [-0.25, -0.2) is 15.0 Å². The molecule has 4 aromatic rings. The van der Waals surface area contributed by atoms with Crippen molar-refractivity contribution >= 4 is 40.1 Å². The lowest BCUT2D eigenvalue weighted by Crippen LogP contribution is -2.44. The van der Waals surface area contributed by atoms with Gasteiger partial charge in [-0.05, 0) is 47.9 Å². The van der Waals surface area contributed by atoms with Crippen LogP contribution >= 0.6 is 23.4 Å². The van der Waals surface area contributed by atoms with E-state index in [1.165, 1.54) is 33.8 Å². The number of fused-ring (bicyclic) bond motifs is 2. The van der Waals surface area contributed by atoms with Crippen LogP contribution in [0, 0.1) is 5.41 Å². The minimum absolute atomic E-state index is 0.101. The highest BCUT2D eigenvalue weighted by Crippen LogP contribution is 2.50. The predicted octanol–water partition coefficient (Wildman–Crippen LogP) is 4.37. The monoisotopic (exact) mass is 504 g/mol. The van der Waals surface area contributed by atoms with Crippen LogP contribution in [0.25, 0.3) is 10.9 Å². The Labute approximate surface area is 212 Å². The van der Waals surface area contributed by atoms with Gasteiger partial charge in [0.25, 0.3) is 5.56 Å². The topological polar surface area (TPSA) is 89.9 Å². The molecule has 6 rings (SSSR count). The fraction of sp³-hybridized carbons (Fsp3) is 0.308. The first-order valence-electron chi connectivity index (χ1n) is 11.7. The van der Waals surface area contributed by atoms with E-state index in [0.29, 0.717) is 15.9 Å². The quantitative estimate of drug-likeness (QED) is 0.443. The molecule has 2 aliphatic rings. The molecule has 0 radical (unpaired) electrons. The van der Waals surface area contributed by atoms with Crippen molar-refractivity contribution in [3.8, 4) is 0 Å². The molecule has 1 atom stereocenters. The van der Waals surface area contributed by atoms with Gasteiger partial charge in [-0.1, -0.05) is 47.6 Å². The van der Waals surface area contributed by atoms with Crippen LogP contribution in [0.15, 0.2) is 69.8 Å². The van der Waals surface area contributed by atoms with Gasteiger partial charge in [0.05, 0.1) is 34.6 Å². The molecule has 1 aliphatic heterocycles. The molecule has 0 amide bonds. The van der Waals surface area contributed by atoms with Crippen molar-refractivity contribution in [3.63, 3.8) is 0 Å². The average molecular weight is 505 g/mol. The SMILES string of the molecule is Cn1cnc2ccc(Sc3cnc(N4CCC5(CC4)Cc4ccccc4[C@H]5N)cn3)c(Cl)c2c1=O. The molecule has 7 nitrogen and oxygen atoms in total. The molecule has 3 heterocycles. The lowest BCUT2D eigenvalue weighted by atomic mass is 9.73. The largest absolute Gasteiger partial charge is 0.355 e. The van der Waals surface area contributed by atoms with Gasteiger partial charge >= 0.3 is 0 Å². The minimum atomic E-state index is -0.170. The molecule has 1 fully saturated rings. The third kappa shape index (κ3) is 3.80. The number of aryl methyl sites for hydroxylation is 1. The summed E-state index contributed by atoms with van der Waals surface area (Å²) in [5.74, 6) is 0.871. The summed E-state index contributed by atoms with van der Waals surface area (Å²) in [6.07, 6.45) is 8.22. The number of nitrogens with zero attached hydrogens (tertiary/aromatic N) is 5. The Bertz CT molecular complexity index is 1480. The normalized spacial score (nSPS) is 18.8. The minimum Gasteiger partial charge on any atom is -0.355 e. The van der Waals surface area contributed by atoms with E-state index in [4.69, 9.17) is 17.3 Å². The smallest absolute Gasteiger partial charge is 0.262 e. The van der Waals surface area contributed by atoms with Crippen molar-refractivity contribution in [2.45, 2.75) is 35.2 Å². The van der Waals surface area contributed by atoms with Crippen LogP contribution in [0.1, 0.15) is 30.0 Å². The van der Waals surface area contributed by atoms with Gasteiger partial charge in [0.2, 0.25) is 0 Å². The highest BCUT2D eigenvalue weighted by atomic mass is 35.5. The molecule has 1 saturated heterocycles. The fourth-order valence-corrected chi connectivity index (χ4v) is 6.56. The molecule has 0 bridgehead atoms. The number of halogens is 1. The first kappa shape index (κ1) is 22.5. The number of rotatable bonds is 3. The highest BCUT2D eigenvalue weighted by molar-refractivity contribution is 7.99. The zero-order valence-corrected chi connectivity index (χ0v) is 20.9. The van der Waals surface area contributed by atoms with Gasteiger partial charge in [-0.3, -0.25) is 4.79 Å². The Morgan fingerprint density at radius 2 is 1.89 bits per heavy atom. The van der Waals surface area contributed by atoms with Crippen LogP contribution in [0.5, 0.6) is 0 Å². The standard InChI is InChI=1S/C26H25ClN6OS/c1-32-15-31-18-6-7-19(23(27)22(18)25(32)34)35-21-14-29-20(13-30-21)33-10-8-26(9-11-33)12-16-4-2-3-5-17(16)24(26)28/h2-7,13-15,24H,8-12,28H2,1H3/t24-/m1/s1. The number of hydrogen-bond acceptors (Lipinski definition) is 7. The number of hydrogen-bond donors (Lipinski definition) is 1. The second-order valence-corrected chi connectivity index (χ2v) is 10.9. The van der Waals surface area contributed by atoms with Crippen LogP contribution in [-0.2, 0) is 13.5 Å². The predicted molar refractivity (Wildman–Crippen MR) is 139 cm³/mol. The lowest BCUT2D eigenvalue weighted by Gasteiger charge is -2.42. The van der Waals surface area contributed by atoms with Crippen molar-refractivity contribution in [3.05, 3.63) is 81.6 Å². The fourth-order valence-electron chi connectivity index (χ4n) is 5.44. The summed E-state index contributed by atoms with van der Waals surface area (Å²) in [7, 11) is 1.66. The molecule has 9 heteroatoms. The van der Waals surface area contributed by atoms with E-state index in [1.807, 2.05) is 18.3 Å². The van der Waals surface area contributed by atoms with Crippen LogP contribution in [-0.4, -0.2) is 32.6 Å². The Morgan fingerprint density at radius 1 is 1.09 bits per heavy atom. The average Bonchev–Trinajstić information content (AvgIpc) is 3.15. The van der Waals surface area contributed by atoms with Crippen molar-refractivity contribution in [1.82, 2.24) is 19.5 Å². The van der Waals surface area contributed by atoms with Gasteiger partial charge in [0.15, 0.2) is 0 Å². The highest BCUT2D eigenvalue weighted by Gasteiger charge is 2.45. The Hall–Kier alpha value is -2.94. The Morgan fingerprint density at radius 3 is 2.63 bits per heavy atom. The van der Waals surface area contributed by atoms with E-state index in [2.05, 4.69) is 44.1 Å². The maximum Gasteiger partial charge on any atom is 0.262 e. The van der Waals surface area contributed by atoms with Gasteiger partial charge in [0, 0.05) is 31.1 Å². The van der Waals surface area contributed by atoms with Gasteiger partial charge in [0.1, 0.15) is 10.8 Å². The summed E-state index contributed by atoms with van der Waals surface area (Å²) < 4.78 is 1.43. The molecule has 0 saturated carbocycles. The van der Waals surface area contributed by atoms with E-state index >= 15 is 0 Å². The summed E-state index contributed by atoms with van der Waals surface area (Å²) in [5.41, 5.74) is 9.97. The van der Waals surface area contributed by atoms with Gasteiger partial charge < -0.3 is 15.2 Å². The Balaban J connectivity index is 1.16. The maximum atomic E-state index is 12.5. The van der Waals surface area contributed by atoms with Crippen LogP contribution < -0.4 is 16.2 Å². The van der Waals surface area contributed by atoms with Crippen LogP contribution in [0.2, 0.25) is 5.02 Å².